The van der Waals surface area contributed by atoms with E-state index < -0.39 is 5.56 Å². The number of pyridine rings is 1. The molecule has 0 aliphatic heterocycles. The molecule has 2 rings (SSSR count). The molecule has 0 aromatic carbocycles. The number of hydrogen-bond donors (Lipinski definition) is 0. The van der Waals surface area contributed by atoms with Crippen molar-refractivity contribution in [2.24, 2.45) is 0 Å². The summed E-state index contributed by atoms with van der Waals surface area (Å²) in [6, 6.07) is 3.54. The molecule has 5 nitrogen and oxygen atoms in total. The van der Waals surface area contributed by atoms with Crippen LogP contribution in [0.25, 0.3) is 0 Å². The van der Waals surface area contributed by atoms with E-state index in [1.165, 1.54) is 10.9 Å². The van der Waals surface area contributed by atoms with E-state index in [-0.39, 0.29) is 16.6 Å². The summed E-state index contributed by atoms with van der Waals surface area (Å²) in [6.45, 7) is 2.05. The molecule has 0 saturated heterocycles. The van der Waals surface area contributed by atoms with E-state index in [1.54, 1.807) is 19.2 Å². The first-order chi connectivity index (χ1) is 9.01. The highest BCUT2D eigenvalue weighted by molar-refractivity contribution is 6.41. The zero-order chi connectivity index (χ0) is 14.0. The average Bonchev–Trinajstić information content (AvgIpc) is 2.39. The lowest BCUT2D eigenvalue weighted by molar-refractivity contribution is 0.412. The fourth-order valence-electron chi connectivity index (χ4n) is 1.61. The standard InChI is InChI=1S/C12H11Cl2N3O2/c1-7-3-9(19-2)4-8(16-7)6-17-12(18)11(14)10(13)5-15-17/h3-5H,6H2,1-2H3. The van der Waals surface area contributed by atoms with Crippen molar-refractivity contribution in [3.05, 3.63) is 50.1 Å². The van der Waals surface area contributed by atoms with Crippen LogP contribution in [-0.4, -0.2) is 21.9 Å². The molecule has 19 heavy (non-hydrogen) atoms. The van der Waals surface area contributed by atoms with Crippen LogP contribution in [-0.2, 0) is 6.54 Å². The molecule has 0 saturated carbocycles. The van der Waals surface area contributed by atoms with E-state index in [4.69, 9.17) is 27.9 Å². The SMILES string of the molecule is COc1cc(C)nc(Cn2ncc(Cl)c(Cl)c2=O)c1. The van der Waals surface area contributed by atoms with Crippen LogP contribution in [0, 0.1) is 6.92 Å². The van der Waals surface area contributed by atoms with Gasteiger partial charge in [-0.15, -0.1) is 0 Å². The van der Waals surface area contributed by atoms with Gasteiger partial charge in [0.15, 0.2) is 0 Å². The maximum atomic E-state index is 11.9. The molecule has 7 heteroatoms. The molecule has 0 unspecified atom stereocenters. The Morgan fingerprint density at radius 3 is 2.79 bits per heavy atom. The van der Waals surface area contributed by atoms with E-state index in [9.17, 15) is 4.79 Å². The number of nitrogens with zero attached hydrogens (tertiary/aromatic N) is 3. The van der Waals surface area contributed by atoms with Crippen molar-refractivity contribution < 1.29 is 4.74 Å². The zero-order valence-corrected chi connectivity index (χ0v) is 11.9. The molecule has 2 heterocycles. The summed E-state index contributed by atoms with van der Waals surface area (Å²) in [4.78, 5) is 16.2. The van der Waals surface area contributed by atoms with E-state index in [0.717, 1.165) is 5.69 Å². The van der Waals surface area contributed by atoms with Crippen molar-refractivity contribution in [2.45, 2.75) is 13.5 Å². The summed E-state index contributed by atoms with van der Waals surface area (Å²) in [5.41, 5.74) is 1.00. The second-order valence-electron chi connectivity index (χ2n) is 3.91. The van der Waals surface area contributed by atoms with Crippen LogP contribution in [0.2, 0.25) is 10.0 Å². The lowest BCUT2D eigenvalue weighted by Gasteiger charge is -2.08. The number of rotatable bonds is 3. The van der Waals surface area contributed by atoms with Crippen molar-refractivity contribution in [1.29, 1.82) is 0 Å². The second-order valence-corrected chi connectivity index (χ2v) is 4.69. The second kappa shape index (κ2) is 5.59. The van der Waals surface area contributed by atoms with Gasteiger partial charge in [0.1, 0.15) is 10.8 Å². The molecule has 0 bridgehead atoms. The summed E-state index contributed by atoms with van der Waals surface area (Å²) in [5, 5.41) is 4.02. The van der Waals surface area contributed by atoms with Gasteiger partial charge in [-0.05, 0) is 6.92 Å². The first-order valence-corrected chi connectivity index (χ1v) is 6.19. The molecular formula is C12H11Cl2N3O2. The predicted molar refractivity (Wildman–Crippen MR) is 73.1 cm³/mol. The van der Waals surface area contributed by atoms with E-state index in [1.807, 2.05) is 6.92 Å². The number of hydrogen-bond acceptors (Lipinski definition) is 4. The van der Waals surface area contributed by atoms with Crippen molar-refractivity contribution in [1.82, 2.24) is 14.8 Å². The highest BCUT2D eigenvalue weighted by Gasteiger charge is 2.09. The van der Waals surface area contributed by atoms with Gasteiger partial charge in [-0.2, -0.15) is 5.10 Å². The van der Waals surface area contributed by atoms with Crippen LogP contribution in [0.15, 0.2) is 23.1 Å². The summed E-state index contributed by atoms with van der Waals surface area (Å²) in [7, 11) is 1.57. The Morgan fingerprint density at radius 1 is 1.37 bits per heavy atom. The van der Waals surface area contributed by atoms with Crippen LogP contribution in [0.1, 0.15) is 11.4 Å². The molecule has 0 amide bonds. The quantitative estimate of drug-likeness (QED) is 0.873. The first kappa shape index (κ1) is 13.8. The lowest BCUT2D eigenvalue weighted by atomic mass is 10.3. The summed E-state index contributed by atoms with van der Waals surface area (Å²) in [6.07, 6.45) is 1.33. The molecule has 0 fully saturated rings. The lowest BCUT2D eigenvalue weighted by Crippen LogP contribution is -2.24. The minimum Gasteiger partial charge on any atom is -0.497 e. The van der Waals surface area contributed by atoms with Gasteiger partial charge in [0, 0.05) is 17.8 Å². The molecule has 0 N–H and O–H groups in total. The molecule has 0 atom stereocenters. The molecule has 100 valence electrons. The highest BCUT2D eigenvalue weighted by atomic mass is 35.5. The Bertz CT molecular complexity index is 671. The minimum absolute atomic E-state index is 0.0451. The topological polar surface area (TPSA) is 57.0 Å². The summed E-state index contributed by atoms with van der Waals surface area (Å²) in [5.74, 6) is 0.676. The van der Waals surface area contributed by atoms with E-state index >= 15 is 0 Å². The average molecular weight is 300 g/mol. The van der Waals surface area contributed by atoms with Gasteiger partial charge in [-0.1, -0.05) is 23.2 Å². The summed E-state index contributed by atoms with van der Waals surface area (Å²) >= 11 is 11.5. The molecule has 0 spiro atoms. The first-order valence-electron chi connectivity index (χ1n) is 5.44. The monoisotopic (exact) mass is 299 g/mol. The number of aryl methyl sites for hydroxylation is 1. The van der Waals surface area contributed by atoms with Crippen molar-refractivity contribution in [3.63, 3.8) is 0 Å². The summed E-state index contributed by atoms with van der Waals surface area (Å²) < 4.78 is 6.36. The highest BCUT2D eigenvalue weighted by Crippen LogP contribution is 2.16. The Balaban J connectivity index is 2.39. The van der Waals surface area contributed by atoms with Gasteiger partial charge < -0.3 is 4.74 Å². The van der Waals surface area contributed by atoms with Crippen LogP contribution in [0.4, 0.5) is 0 Å². The fourth-order valence-corrected chi connectivity index (χ4v) is 1.88. The van der Waals surface area contributed by atoms with Gasteiger partial charge in [0.25, 0.3) is 5.56 Å². The molecular weight excluding hydrogens is 289 g/mol. The van der Waals surface area contributed by atoms with E-state index in [0.29, 0.717) is 11.4 Å². The number of ether oxygens (including phenoxy) is 1. The maximum Gasteiger partial charge on any atom is 0.287 e. The predicted octanol–water partition coefficient (Wildman–Crippen LogP) is 2.31. The molecule has 2 aromatic rings. The Morgan fingerprint density at radius 2 is 2.11 bits per heavy atom. The molecule has 0 aliphatic rings. The van der Waals surface area contributed by atoms with Crippen LogP contribution < -0.4 is 10.3 Å². The van der Waals surface area contributed by atoms with Gasteiger partial charge in [-0.3, -0.25) is 9.78 Å². The third-order valence-corrected chi connectivity index (χ3v) is 3.22. The van der Waals surface area contributed by atoms with Gasteiger partial charge in [0.2, 0.25) is 0 Å². The fraction of sp³-hybridized carbons (Fsp3) is 0.250. The Labute approximate surface area is 119 Å². The van der Waals surface area contributed by atoms with Crippen molar-refractivity contribution in [3.8, 4) is 5.75 Å². The number of halogens is 2. The smallest absolute Gasteiger partial charge is 0.287 e. The van der Waals surface area contributed by atoms with Crippen LogP contribution in [0.5, 0.6) is 5.75 Å². The van der Waals surface area contributed by atoms with Gasteiger partial charge >= 0.3 is 0 Å². The van der Waals surface area contributed by atoms with E-state index in [2.05, 4.69) is 10.1 Å². The largest absolute Gasteiger partial charge is 0.497 e. The van der Waals surface area contributed by atoms with Crippen LogP contribution >= 0.6 is 23.2 Å². The molecule has 0 radical (unpaired) electrons. The normalized spacial score (nSPS) is 10.5. The third-order valence-electron chi connectivity index (χ3n) is 2.47. The molecule has 2 aromatic heterocycles. The Kier molecular flexibility index (Phi) is 4.07. The zero-order valence-electron chi connectivity index (χ0n) is 10.4. The van der Waals surface area contributed by atoms with Crippen LogP contribution in [0.3, 0.4) is 0 Å². The molecule has 0 aliphatic carbocycles. The third kappa shape index (κ3) is 3.05. The van der Waals surface area contributed by atoms with Gasteiger partial charge in [-0.25, -0.2) is 4.68 Å². The van der Waals surface area contributed by atoms with Gasteiger partial charge in [0.05, 0.1) is 30.6 Å². The number of methoxy groups -OCH3 is 1. The minimum atomic E-state index is -0.448. The maximum absolute atomic E-state index is 11.9. The van der Waals surface area contributed by atoms with Crippen molar-refractivity contribution >= 4 is 23.2 Å². The Hall–Kier alpha value is -1.59. The number of aromatic nitrogens is 3. The van der Waals surface area contributed by atoms with Crippen molar-refractivity contribution in [2.75, 3.05) is 7.11 Å².